The minimum absolute atomic E-state index is 0.499. The molecular formula is C27H16N2O2. The van der Waals surface area contributed by atoms with Crippen LogP contribution >= 0.6 is 0 Å². The van der Waals surface area contributed by atoms with Gasteiger partial charge in [-0.25, -0.2) is 0 Å². The van der Waals surface area contributed by atoms with E-state index in [1.165, 1.54) is 22.3 Å². The van der Waals surface area contributed by atoms with Crippen LogP contribution in [0, 0.1) is 23.0 Å². The zero-order chi connectivity index (χ0) is 21.3. The van der Waals surface area contributed by atoms with E-state index in [2.05, 4.69) is 48.5 Å². The summed E-state index contributed by atoms with van der Waals surface area (Å²) in [5.74, 6) is 0.998. The second-order valence-corrected chi connectivity index (χ2v) is 7.28. The topological polar surface area (TPSA) is 66.0 Å². The molecule has 0 spiro atoms. The van der Waals surface area contributed by atoms with Gasteiger partial charge in [-0.2, -0.15) is 0 Å². The van der Waals surface area contributed by atoms with E-state index in [1.807, 2.05) is 48.5 Å². The highest BCUT2D eigenvalue weighted by atomic mass is 16.5. The Kier molecular flexibility index (Phi) is 4.40. The number of nitrogens with zero attached hydrogens (tertiary/aromatic N) is 2. The second-order valence-electron chi connectivity index (χ2n) is 7.28. The highest BCUT2D eigenvalue weighted by Crippen LogP contribution is 2.56. The van der Waals surface area contributed by atoms with E-state index in [1.54, 1.807) is 12.5 Å². The highest BCUT2D eigenvalue weighted by Gasteiger charge is 2.45. The Morgan fingerprint density at radius 2 is 0.903 bits per heavy atom. The van der Waals surface area contributed by atoms with Gasteiger partial charge >= 0.3 is 0 Å². The molecule has 0 bridgehead atoms. The molecule has 0 heterocycles. The lowest BCUT2D eigenvalue weighted by molar-refractivity contribution is 0.506. The average Bonchev–Trinajstić information content (AvgIpc) is 3.12. The maximum atomic E-state index is 8.85. The number of hydrogen-bond acceptors (Lipinski definition) is 4. The molecule has 0 unspecified atom stereocenters. The third-order valence-electron chi connectivity index (χ3n) is 5.85. The molecule has 0 aromatic heterocycles. The Morgan fingerprint density at radius 1 is 0.516 bits per heavy atom. The third-order valence-corrected chi connectivity index (χ3v) is 5.85. The molecule has 4 heteroatoms. The summed E-state index contributed by atoms with van der Waals surface area (Å²) in [4.78, 5) is 0. The van der Waals surface area contributed by atoms with Crippen LogP contribution in [0.2, 0.25) is 0 Å². The quantitative estimate of drug-likeness (QED) is 0.359. The lowest BCUT2D eigenvalue weighted by Crippen LogP contribution is -2.28. The maximum absolute atomic E-state index is 8.85. The predicted molar refractivity (Wildman–Crippen MR) is 116 cm³/mol. The van der Waals surface area contributed by atoms with Crippen molar-refractivity contribution in [1.82, 2.24) is 0 Å². The Labute approximate surface area is 180 Å². The molecule has 0 aliphatic heterocycles. The predicted octanol–water partition coefficient (Wildman–Crippen LogP) is 5.77. The summed E-state index contributed by atoms with van der Waals surface area (Å²) >= 11 is 0. The van der Waals surface area contributed by atoms with E-state index in [4.69, 9.17) is 20.0 Å². The molecule has 4 aromatic carbocycles. The van der Waals surface area contributed by atoms with Crippen LogP contribution < -0.4 is 9.47 Å². The molecular weight excluding hydrogens is 384 g/mol. The van der Waals surface area contributed by atoms with Gasteiger partial charge in [0.25, 0.3) is 12.5 Å². The first-order chi connectivity index (χ1) is 15.3. The number of rotatable bonds is 4. The van der Waals surface area contributed by atoms with E-state index in [9.17, 15) is 0 Å². The largest absolute Gasteiger partial charge is 0.388 e. The zero-order valence-electron chi connectivity index (χ0n) is 16.4. The summed E-state index contributed by atoms with van der Waals surface area (Å²) in [6.07, 6.45) is 3.45. The van der Waals surface area contributed by atoms with Gasteiger partial charge in [0.2, 0.25) is 0 Å². The standard InChI is InChI=1S/C27H16N2O2/c28-17-30-21-13-9-19(10-14-21)27(20-11-15-22(16-12-20)31-18-29)25-7-3-1-5-23(25)24-6-2-4-8-26(24)27/h1-16H. The number of benzene rings is 4. The first-order valence-electron chi connectivity index (χ1n) is 9.81. The van der Waals surface area contributed by atoms with E-state index in [0.717, 1.165) is 11.1 Å². The molecule has 31 heavy (non-hydrogen) atoms. The molecule has 0 saturated heterocycles. The van der Waals surface area contributed by atoms with E-state index < -0.39 is 5.41 Å². The molecule has 0 saturated carbocycles. The third kappa shape index (κ3) is 2.74. The summed E-state index contributed by atoms with van der Waals surface area (Å²) in [7, 11) is 0. The lowest BCUT2D eigenvalue weighted by Gasteiger charge is -2.33. The summed E-state index contributed by atoms with van der Waals surface area (Å²) in [5, 5.41) is 17.7. The highest BCUT2D eigenvalue weighted by molar-refractivity contribution is 5.86. The van der Waals surface area contributed by atoms with Crippen LogP contribution in [-0.4, -0.2) is 0 Å². The van der Waals surface area contributed by atoms with Gasteiger partial charge in [0.05, 0.1) is 5.41 Å². The van der Waals surface area contributed by atoms with E-state index in [0.29, 0.717) is 11.5 Å². The molecule has 5 rings (SSSR count). The average molecular weight is 400 g/mol. The number of fused-ring (bicyclic) bond motifs is 3. The number of hydrogen-bond donors (Lipinski definition) is 0. The van der Waals surface area contributed by atoms with Crippen molar-refractivity contribution in [2.45, 2.75) is 5.41 Å². The zero-order valence-corrected chi connectivity index (χ0v) is 16.4. The molecule has 0 fully saturated rings. The molecule has 4 aromatic rings. The van der Waals surface area contributed by atoms with Gasteiger partial charge in [0.15, 0.2) is 0 Å². The lowest BCUT2D eigenvalue weighted by atomic mass is 9.68. The Balaban J connectivity index is 1.83. The van der Waals surface area contributed by atoms with Crippen LogP contribution in [0.1, 0.15) is 22.3 Å². The molecule has 1 aliphatic carbocycles. The van der Waals surface area contributed by atoms with Gasteiger partial charge in [0.1, 0.15) is 11.5 Å². The van der Waals surface area contributed by atoms with E-state index in [-0.39, 0.29) is 0 Å². The number of nitriles is 2. The first kappa shape index (κ1) is 18.5. The van der Waals surface area contributed by atoms with Crippen molar-refractivity contribution in [2.75, 3.05) is 0 Å². The van der Waals surface area contributed by atoms with Crippen molar-refractivity contribution >= 4 is 0 Å². The Bertz CT molecular complexity index is 1240. The van der Waals surface area contributed by atoms with Crippen molar-refractivity contribution in [3.8, 4) is 35.1 Å². The molecule has 0 amide bonds. The van der Waals surface area contributed by atoms with E-state index >= 15 is 0 Å². The maximum Gasteiger partial charge on any atom is 0.292 e. The summed E-state index contributed by atoms with van der Waals surface area (Å²) in [6.45, 7) is 0. The normalized spacial score (nSPS) is 12.7. The van der Waals surface area contributed by atoms with Crippen LogP contribution in [0.25, 0.3) is 11.1 Å². The van der Waals surface area contributed by atoms with Crippen molar-refractivity contribution in [3.63, 3.8) is 0 Å². The molecule has 0 N–H and O–H groups in total. The first-order valence-corrected chi connectivity index (χ1v) is 9.81. The number of ether oxygens (including phenoxy) is 2. The summed E-state index contributed by atoms with van der Waals surface area (Å²) in [5.41, 5.74) is 6.30. The molecule has 146 valence electrons. The minimum atomic E-state index is -0.552. The SMILES string of the molecule is N#COc1ccc(C2(c3ccc(OC#N)cc3)c3ccccc3-c3ccccc32)cc1. The van der Waals surface area contributed by atoms with Crippen LogP contribution in [-0.2, 0) is 5.41 Å². The van der Waals surface area contributed by atoms with Gasteiger partial charge in [0, 0.05) is 0 Å². The fraction of sp³-hybridized carbons (Fsp3) is 0.0370. The smallest absolute Gasteiger partial charge is 0.292 e. The summed E-state index contributed by atoms with van der Waals surface area (Å²) in [6, 6.07) is 32.1. The van der Waals surface area contributed by atoms with Gasteiger partial charge in [-0.15, -0.1) is 10.5 Å². The van der Waals surface area contributed by atoms with Crippen LogP contribution in [0.5, 0.6) is 11.5 Å². The van der Waals surface area contributed by atoms with Crippen LogP contribution in [0.3, 0.4) is 0 Å². The summed E-state index contributed by atoms with van der Waals surface area (Å²) < 4.78 is 10.0. The molecule has 0 atom stereocenters. The Hall–Kier alpha value is -4.54. The van der Waals surface area contributed by atoms with Gasteiger partial charge < -0.3 is 9.47 Å². The van der Waals surface area contributed by atoms with Crippen molar-refractivity contribution in [1.29, 1.82) is 10.5 Å². The Morgan fingerprint density at radius 3 is 1.29 bits per heavy atom. The molecule has 0 radical (unpaired) electrons. The van der Waals surface area contributed by atoms with Gasteiger partial charge in [-0.1, -0.05) is 72.8 Å². The fourth-order valence-electron chi connectivity index (χ4n) is 4.68. The molecule has 4 nitrogen and oxygen atoms in total. The molecule has 1 aliphatic rings. The van der Waals surface area contributed by atoms with Gasteiger partial charge in [-0.05, 0) is 57.6 Å². The van der Waals surface area contributed by atoms with Crippen LogP contribution in [0.4, 0.5) is 0 Å². The minimum Gasteiger partial charge on any atom is -0.388 e. The van der Waals surface area contributed by atoms with Gasteiger partial charge in [-0.3, -0.25) is 0 Å². The van der Waals surface area contributed by atoms with Crippen molar-refractivity contribution < 1.29 is 9.47 Å². The monoisotopic (exact) mass is 400 g/mol. The van der Waals surface area contributed by atoms with Crippen LogP contribution in [0.15, 0.2) is 97.1 Å². The second kappa shape index (κ2) is 7.37. The van der Waals surface area contributed by atoms with Crippen molar-refractivity contribution in [3.05, 3.63) is 119 Å². The van der Waals surface area contributed by atoms with Crippen molar-refractivity contribution in [2.24, 2.45) is 0 Å². The fourth-order valence-corrected chi connectivity index (χ4v) is 4.68.